The predicted molar refractivity (Wildman–Crippen MR) is 76.4 cm³/mol. The first-order valence-corrected chi connectivity index (χ1v) is 6.93. The summed E-state index contributed by atoms with van der Waals surface area (Å²) in [5.74, 6) is 0.752. The molecule has 0 aliphatic carbocycles. The van der Waals surface area contributed by atoms with Gasteiger partial charge in [0.05, 0.1) is 6.10 Å². The molecule has 0 saturated carbocycles. The molecule has 1 fully saturated rings. The quantitative estimate of drug-likeness (QED) is 0.807. The van der Waals surface area contributed by atoms with Gasteiger partial charge in [-0.05, 0) is 44.4 Å². The van der Waals surface area contributed by atoms with Crippen LogP contribution in [-0.2, 0) is 4.74 Å². The largest absolute Gasteiger partial charge is 0.490 e. The Morgan fingerprint density at radius 1 is 1.35 bits per heavy atom. The van der Waals surface area contributed by atoms with Gasteiger partial charge in [0.1, 0.15) is 17.9 Å². The van der Waals surface area contributed by atoms with Crippen molar-refractivity contribution in [1.29, 1.82) is 0 Å². The summed E-state index contributed by atoms with van der Waals surface area (Å²) in [6.45, 7) is 5.18. The van der Waals surface area contributed by atoms with Crippen molar-refractivity contribution in [2.45, 2.75) is 32.8 Å². The molecule has 0 N–H and O–H groups in total. The van der Waals surface area contributed by atoms with Gasteiger partial charge in [-0.25, -0.2) is 4.79 Å². The first kappa shape index (κ1) is 13.2. The smallest absolute Gasteiger partial charge is 0.336 e. The van der Waals surface area contributed by atoms with Crippen LogP contribution in [0.25, 0.3) is 11.0 Å². The van der Waals surface area contributed by atoms with Gasteiger partial charge in [0, 0.05) is 23.6 Å². The van der Waals surface area contributed by atoms with Gasteiger partial charge >= 0.3 is 5.63 Å². The topological polar surface area (TPSA) is 48.7 Å². The molecule has 0 amide bonds. The monoisotopic (exact) mass is 274 g/mol. The van der Waals surface area contributed by atoms with Crippen molar-refractivity contribution in [2.24, 2.45) is 0 Å². The summed E-state index contributed by atoms with van der Waals surface area (Å²) in [5.41, 5.74) is 2.07. The van der Waals surface area contributed by atoms with Gasteiger partial charge in [-0.3, -0.25) is 0 Å². The van der Waals surface area contributed by atoms with Crippen LogP contribution >= 0.6 is 0 Å². The van der Waals surface area contributed by atoms with Crippen LogP contribution in [0, 0.1) is 13.8 Å². The Morgan fingerprint density at radius 3 is 2.95 bits per heavy atom. The molecule has 1 aliphatic heterocycles. The summed E-state index contributed by atoms with van der Waals surface area (Å²) in [5, 5.41) is 0.951. The van der Waals surface area contributed by atoms with Gasteiger partial charge < -0.3 is 13.9 Å². The van der Waals surface area contributed by atoms with E-state index in [-0.39, 0.29) is 11.7 Å². The van der Waals surface area contributed by atoms with Gasteiger partial charge in [-0.1, -0.05) is 0 Å². The van der Waals surface area contributed by atoms with Crippen LogP contribution in [0.3, 0.4) is 0 Å². The lowest BCUT2D eigenvalue weighted by Crippen LogP contribution is -2.16. The van der Waals surface area contributed by atoms with Crippen LogP contribution in [0.1, 0.15) is 24.0 Å². The lowest BCUT2D eigenvalue weighted by Gasteiger charge is -2.14. The molecule has 4 heteroatoms. The summed E-state index contributed by atoms with van der Waals surface area (Å²) in [7, 11) is 0. The molecule has 4 nitrogen and oxygen atoms in total. The first-order chi connectivity index (χ1) is 9.65. The Hall–Kier alpha value is -1.81. The third-order valence-electron chi connectivity index (χ3n) is 3.77. The minimum Gasteiger partial charge on any atom is -0.490 e. The van der Waals surface area contributed by atoms with Crippen molar-refractivity contribution in [1.82, 2.24) is 0 Å². The fourth-order valence-electron chi connectivity index (χ4n) is 2.62. The molecule has 3 rings (SSSR count). The van der Waals surface area contributed by atoms with Crippen LogP contribution in [0.2, 0.25) is 0 Å². The number of rotatable bonds is 3. The van der Waals surface area contributed by atoms with E-state index in [9.17, 15) is 4.79 Å². The zero-order valence-electron chi connectivity index (χ0n) is 11.8. The molecule has 0 bridgehead atoms. The van der Waals surface area contributed by atoms with Crippen LogP contribution in [0.5, 0.6) is 5.75 Å². The fourth-order valence-corrected chi connectivity index (χ4v) is 2.62. The van der Waals surface area contributed by atoms with Gasteiger partial charge in [0.15, 0.2) is 0 Å². The van der Waals surface area contributed by atoms with Crippen LogP contribution in [0.15, 0.2) is 27.4 Å². The zero-order valence-corrected chi connectivity index (χ0v) is 11.8. The molecule has 1 aromatic carbocycles. The standard InChI is InChI=1S/C16H18O4/c1-10-8-15(17)20-16-11(2)14(6-5-13(10)16)19-9-12-4-3-7-18-12/h5-6,8,12H,3-4,7,9H2,1-2H3/t12-/m0/s1. The van der Waals surface area contributed by atoms with E-state index in [0.29, 0.717) is 12.2 Å². The average Bonchev–Trinajstić information content (AvgIpc) is 2.92. The van der Waals surface area contributed by atoms with Crippen LogP contribution in [-0.4, -0.2) is 19.3 Å². The Bertz CT molecular complexity index is 681. The molecule has 2 heterocycles. The lowest BCUT2D eigenvalue weighted by molar-refractivity contribution is 0.0677. The summed E-state index contributed by atoms with van der Waals surface area (Å²) in [6.07, 6.45) is 2.31. The number of ether oxygens (including phenoxy) is 2. The SMILES string of the molecule is Cc1cc(=O)oc2c(C)c(OC[C@@H]3CCCO3)ccc12. The summed E-state index contributed by atoms with van der Waals surface area (Å²) >= 11 is 0. The van der Waals surface area contributed by atoms with Gasteiger partial charge in [0.2, 0.25) is 0 Å². The lowest BCUT2D eigenvalue weighted by atomic mass is 10.1. The van der Waals surface area contributed by atoms with Crippen molar-refractivity contribution >= 4 is 11.0 Å². The Morgan fingerprint density at radius 2 is 2.20 bits per heavy atom. The summed E-state index contributed by atoms with van der Waals surface area (Å²) in [6, 6.07) is 5.37. The van der Waals surface area contributed by atoms with Crippen molar-refractivity contribution in [3.8, 4) is 5.75 Å². The number of fused-ring (bicyclic) bond motifs is 1. The maximum atomic E-state index is 11.5. The fraction of sp³-hybridized carbons (Fsp3) is 0.438. The van der Waals surface area contributed by atoms with Crippen molar-refractivity contribution in [3.05, 3.63) is 39.7 Å². The second kappa shape index (κ2) is 5.29. The second-order valence-electron chi connectivity index (χ2n) is 5.26. The maximum absolute atomic E-state index is 11.5. The van der Waals surface area contributed by atoms with E-state index in [4.69, 9.17) is 13.9 Å². The number of hydrogen-bond donors (Lipinski definition) is 0. The maximum Gasteiger partial charge on any atom is 0.336 e. The third-order valence-corrected chi connectivity index (χ3v) is 3.77. The molecular weight excluding hydrogens is 256 g/mol. The molecule has 0 radical (unpaired) electrons. The number of hydrogen-bond acceptors (Lipinski definition) is 4. The molecule has 1 atom stereocenters. The average molecular weight is 274 g/mol. The van der Waals surface area contributed by atoms with Gasteiger partial charge in [-0.2, -0.15) is 0 Å². The minimum absolute atomic E-state index is 0.176. The molecule has 1 aliphatic rings. The normalized spacial score (nSPS) is 18.6. The molecule has 1 saturated heterocycles. The summed E-state index contributed by atoms with van der Waals surface area (Å²) < 4.78 is 16.7. The predicted octanol–water partition coefficient (Wildman–Crippen LogP) is 2.97. The van der Waals surface area contributed by atoms with Crippen LogP contribution in [0.4, 0.5) is 0 Å². The van der Waals surface area contributed by atoms with E-state index < -0.39 is 0 Å². The molecule has 0 spiro atoms. The highest BCUT2D eigenvalue weighted by Crippen LogP contribution is 2.28. The Balaban J connectivity index is 1.92. The van der Waals surface area contributed by atoms with E-state index in [1.165, 1.54) is 6.07 Å². The molecule has 0 unspecified atom stereocenters. The zero-order chi connectivity index (χ0) is 14.1. The van der Waals surface area contributed by atoms with Gasteiger partial charge in [0.25, 0.3) is 0 Å². The van der Waals surface area contributed by atoms with E-state index in [1.54, 1.807) is 0 Å². The number of benzene rings is 1. The van der Waals surface area contributed by atoms with E-state index in [1.807, 2.05) is 26.0 Å². The highest BCUT2D eigenvalue weighted by Gasteiger charge is 2.17. The first-order valence-electron chi connectivity index (χ1n) is 6.93. The Kier molecular flexibility index (Phi) is 3.49. The minimum atomic E-state index is -0.325. The Labute approximate surface area is 117 Å². The van der Waals surface area contributed by atoms with E-state index in [2.05, 4.69) is 0 Å². The van der Waals surface area contributed by atoms with Crippen molar-refractivity contribution in [2.75, 3.05) is 13.2 Å². The van der Waals surface area contributed by atoms with Crippen molar-refractivity contribution in [3.63, 3.8) is 0 Å². The van der Waals surface area contributed by atoms with E-state index in [0.717, 1.165) is 41.7 Å². The van der Waals surface area contributed by atoms with Crippen LogP contribution < -0.4 is 10.4 Å². The van der Waals surface area contributed by atoms with Gasteiger partial charge in [-0.15, -0.1) is 0 Å². The second-order valence-corrected chi connectivity index (χ2v) is 5.26. The highest BCUT2D eigenvalue weighted by atomic mass is 16.5. The third kappa shape index (κ3) is 2.43. The summed E-state index contributed by atoms with van der Waals surface area (Å²) in [4.78, 5) is 11.5. The number of aryl methyl sites for hydroxylation is 2. The van der Waals surface area contributed by atoms with E-state index >= 15 is 0 Å². The molecular formula is C16H18O4. The van der Waals surface area contributed by atoms with Crippen molar-refractivity contribution < 1.29 is 13.9 Å². The molecule has 20 heavy (non-hydrogen) atoms. The molecule has 2 aromatic rings. The molecule has 106 valence electrons. The molecule has 1 aromatic heterocycles. The highest BCUT2D eigenvalue weighted by molar-refractivity contribution is 5.84.